The molecule has 2 aromatic rings. The summed E-state index contributed by atoms with van der Waals surface area (Å²) in [6.45, 7) is 3.00. The lowest BCUT2D eigenvalue weighted by Crippen LogP contribution is -2.43. The summed E-state index contributed by atoms with van der Waals surface area (Å²) in [6.07, 6.45) is 2.11. The van der Waals surface area contributed by atoms with Gasteiger partial charge in [0, 0.05) is 19.5 Å². The van der Waals surface area contributed by atoms with Crippen molar-refractivity contribution < 1.29 is 17.7 Å². The molecule has 0 unspecified atom stereocenters. The van der Waals surface area contributed by atoms with Gasteiger partial charge in [-0.2, -0.15) is 9.29 Å². The number of ether oxygens (including phenoxy) is 1. The van der Waals surface area contributed by atoms with Gasteiger partial charge in [0.05, 0.1) is 11.0 Å². The minimum Gasteiger partial charge on any atom is -0.367 e. The number of sulfonamides is 1. The molecule has 0 N–H and O–H groups in total. The van der Waals surface area contributed by atoms with Crippen LogP contribution in [0.2, 0.25) is 0 Å². The van der Waals surface area contributed by atoms with Gasteiger partial charge in [-0.15, -0.1) is 0 Å². The number of benzene rings is 1. The van der Waals surface area contributed by atoms with E-state index in [4.69, 9.17) is 9.26 Å². The Morgan fingerprint density at radius 2 is 2.12 bits per heavy atom. The summed E-state index contributed by atoms with van der Waals surface area (Å²) in [6, 6.07) is 8.49. The SMILES string of the molecule is CCc1noc(CO[C@@H]2CCCN(S(=O)(=O)c3ccccc3)C2)n1. The third-order valence-electron chi connectivity index (χ3n) is 3.99. The van der Waals surface area contributed by atoms with Gasteiger partial charge in [0.2, 0.25) is 10.0 Å². The van der Waals surface area contributed by atoms with Gasteiger partial charge >= 0.3 is 0 Å². The second kappa shape index (κ2) is 7.42. The molecule has 2 heterocycles. The Hall–Kier alpha value is -1.77. The first-order valence-corrected chi connectivity index (χ1v) is 9.52. The molecule has 1 fully saturated rings. The van der Waals surface area contributed by atoms with Crippen molar-refractivity contribution in [1.29, 1.82) is 0 Å². The van der Waals surface area contributed by atoms with Crippen LogP contribution in [-0.2, 0) is 27.8 Å². The predicted molar refractivity (Wildman–Crippen MR) is 86.7 cm³/mol. The Kier molecular flexibility index (Phi) is 5.27. The molecule has 0 amide bonds. The Balaban J connectivity index is 1.62. The summed E-state index contributed by atoms with van der Waals surface area (Å²) in [5.41, 5.74) is 0. The maximum atomic E-state index is 12.7. The number of aromatic nitrogens is 2. The molecule has 0 radical (unpaired) electrons. The Bertz CT molecular complexity index is 761. The van der Waals surface area contributed by atoms with Gasteiger partial charge in [-0.05, 0) is 25.0 Å². The molecule has 0 aliphatic carbocycles. The van der Waals surface area contributed by atoms with Crippen LogP contribution in [0.15, 0.2) is 39.8 Å². The zero-order chi connectivity index (χ0) is 17.0. The Morgan fingerprint density at radius 3 is 2.83 bits per heavy atom. The molecule has 0 bridgehead atoms. The third-order valence-corrected chi connectivity index (χ3v) is 5.87. The second-order valence-electron chi connectivity index (χ2n) is 5.71. The highest BCUT2D eigenvalue weighted by molar-refractivity contribution is 7.89. The molecule has 0 spiro atoms. The summed E-state index contributed by atoms with van der Waals surface area (Å²) in [7, 11) is -3.48. The average Bonchev–Trinajstić information content (AvgIpc) is 3.09. The van der Waals surface area contributed by atoms with Crippen molar-refractivity contribution in [2.45, 2.75) is 43.8 Å². The molecule has 24 heavy (non-hydrogen) atoms. The molecular formula is C16H21N3O4S. The van der Waals surface area contributed by atoms with Gasteiger partial charge in [-0.25, -0.2) is 8.42 Å². The number of rotatable bonds is 6. The van der Waals surface area contributed by atoms with E-state index in [1.54, 1.807) is 30.3 Å². The van der Waals surface area contributed by atoms with Crippen LogP contribution in [0.25, 0.3) is 0 Å². The molecule has 3 rings (SSSR count). The predicted octanol–water partition coefficient (Wildman–Crippen LogP) is 2.00. The summed E-state index contributed by atoms with van der Waals surface area (Å²) in [5.74, 6) is 1.07. The molecule has 7 nitrogen and oxygen atoms in total. The molecule has 1 saturated heterocycles. The number of piperidine rings is 1. The lowest BCUT2D eigenvalue weighted by Gasteiger charge is -2.31. The van der Waals surface area contributed by atoms with Gasteiger partial charge in [0.15, 0.2) is 5.82 Å². The van der Waals surface area contributed by atoms with E-state index < -0.39 is 10.0 Å². The fraction of sp³-hybridized carbons (Fsp3) is 0.500. The van der Waals surface area contributed by atoms with Crippen LogP contribution in [0.5, 0.6) is 0 Å². The van der Waals surface area contributed by atoms with E-state index in [2.05, 4.69) is 10.1 Å². The van der Waals surface area contributed by atoms with E-state index in [9.17, 15) is 8.42 Å². The quantitative estimate of drug-likeness (QED) is 0.791. The standard InChI is InChI=1S/C16H21N3O4S/c1-2-15-17-16(23-18-15)12-22-13-7-6-10-19(11-13)24(20,21)14-8-4-3-5-9-14/h3-5,8-9,13H,2,6-7,10-12H2,1H3/t13-/m1/s1. The molecule has 1 aromatic carbocycles. The van der Waals surface area contributed by atoms with Crippen LogP contribution in [-0.4, -0.2) is 42.1 Å². The first-order chi connectivity index (χ1) is 11.6. The van der Waals surface area contributed by atoms with E-state index in [0.717, 1.165) is 12.8 Å². The topological polar surface area (TPSA) is 85.5 Å². The van der Waals surface area contributed by atoms with Crippen molar-refractivity contribution in [1.82, 2.24) is 14.4 Å². The van der Waals surface area contributed by atoms with Crippen LogP contribution in [0.4, 0.5) is 0 Å². The highest BCUT2D eigenvalue weighted by atomic mass is 32.2. The Labute approximate surface area is 141 Å². The van der Waals surface area contributed by atoms with Crippen LogP contribution in [0, 0.1) is 0 Å². The van der Waals surface area contributed by atoms with Crippen molar-refractivity contribution in [3.05, 3.63) is 42.0 Å². The zero-order valence-corrected chi connectivity index (χ0v) is 14.4. The van der Waals surface area contributed by atoms with Gasteiger partial charge < -0.3 is 9.26 Å². The number of nitrogens with zero attached hydrogens (tertiary/aromatic N) is 3. The van der Waals surface area contributed by atoms with E-state index >= 15 is 0 Å². The molecule has 1 aliphatic heterocycles. The van der Waals surface area contributed by atoms with Gasteiger partial charge in [-0.1, -0.05) is 30.3 Å². The largest absolute Gasteiger partial charge is 0.367 e. The maximum absolute atomic E-state index is 12.7. The lowest BCUT2D eigenvalue weighted by molar-refractivity contribution is -0.00296. The van der Waals surface area contributed by atoms with E-state index in [-0.39, 0.29) is 12.7 Å². The number of aryl methyl sites for hydroxylation is 1. The molecule has 0 saturated carbocycles. The fourth-order valence-corrected chi connectivity index (χ4v) is 4.21. The zero-order valence-electron chi connectivity index (χ0n) is 13.6. The van der Waals surface area contributed by atoms with Crippen molar-refractivity contribution in [3.8, 4) is 0 Å². The average molecular weight is 351 g/mol. The van der Waals surface area contributed by atoms with Crippen LogP contribution in [0.1, 0.15) is 31.5 Å². The highest BCUT2D eigenvalue weighted by Gasteiger charge is 2.30. The first-order valence-electron chi connectivity index (χ1n) is 8.08. The van der Waals surface area contributed by atoms with Gasteiger partial charge in [0.1, 0.15) is 6.61 Å². The normalized spacial score (nSPS) is 19.5. The highest BCUT2D eigenvalue weighted by Crippen LogP contribution is 2.22. The fourth-order valence-electron chi connectivity index (χ4n) is 2.68. The molecule has 1 aromatic heterocycles. The van der Waals surface area contributed by atoms with E-state index in [1.165, 1.54) is 4.31 Å². The smallest absolute Gasteiger partial charge is 0.252 e. The maximum Gasteiger partial charge on any atom is 0.252 e. The first kappa shape index (κ1) is 17.1. The van der Waals surface area contributed by atoms with Gasteiger partial charge in [-0.3, -0.25) is 0 Å². The van der Waals surface area contributed by atoms with Crippen LogP contribution >= 0.6 is 0 Å². The summed E-state index contributed by atoms with van der Waals surface area (Å²) in [4.78, 5) is 4.51. The molecular weight excluding hydrogens is 330 g/mol. The molecule has 1 atom stereocenters. The molecule has 130 valence electrons. The summed E-state index contributed by atoms with van der Waals surface area (Å²) in [5, 5.41) is 3.82. The van der Waals surface area contributed by atoms with E-state index in [0.29, 0.717) is 36.1 Å². The third kappa shape index (κ3) is 3.82. The van der Waals surface area contributed by atoms with Crippen molar-refractivity contribution >= 4 is 10.0 Å². The van der Waals surface area contributed by atoms with Crippen LogP contribution in [0.3, 0.4) is 0 Å². The van der Waals surface area contributed by atoms with Gasteiger partial charge in [0.25, 0.3) is 5.89 Å². The second-order valence-corrected chi connectivity index (χ2v) is 7.65. The minimum atomic E-state index is -3.48. The summed E-state index contributed by atoms with van der Waals surface area (Å²) < 4.78 is 37.7. The molecule has 8 heteroatoms. The summed E-state index contributed by atoms with van der Waals surface area (Å²) >= 11 is 0. The van der Waals surface area contributed by atoms with E-state index in [1.807, 2.05) is 6.92 Å². The van der Waals surface area contributed by atoms with Crippen molar-refractivity contribution in [2.24, 2.45) is 0 Å². The Morgan fingerprint density at radius 1 is 1.33 bits per heavy atom. The monoisotopic (exact) mass is 351 g/mol. The van der Waals surface area contributed by atoms with Crippen molar-refractivity contribution in [3.63, 3.8) is 0 Å². The molecule has 1 aliphatic rings. The number of hydrogen-bond donors (Lipinski definition) is 0. The minimum absolute atomic E-state index is 0.172. The number of hydrogen-bond acceptors (Lipinski definition) is 6. The van der Waals surface area contributed by atoms with Crippen molar-refractivity contribution in [2.75, 3.05) is 13.1 Å². The lowest BCUT2D eigenvalue weighted by atomic mass is 10.1. The van der Waals surface area contributed by atoms with Crippen LogP contribution < -0.4 is 0 Å².